The van der Waals surface area contributed by atoms with Crippen LogP contribution in [0.25, 0.3) is 0 Å². The third-order valence-corrected chi connectivity index (χ3v) is 2.45. The minimum Gasteiger partial charge on any atom is -0.469 e. The van der Waals surface area contributed by atoms with Crippen LogP contribution >= 0.6 is 24.8 Å². The lowest BCUT2D eigenvalue weighted by Crippen LogP contribution is -2.16. The van der Waals surface area contributed by atoms with Crippen molar-refractivity contribution in [3.05, 3.63) is 29.8 Å². The zero-order valence-electron chi connectivity index (χ0n) is 10.8. The summed E-state index contributed by atoms with van der Waals surface area (Å²) in [6.07, 6.45) is 0.206. The molecule has 0 spiro atoms. The van der Waals surface area contributed by atoms with E-state index in [1.807, 2.05) is 43.3 Å². The van der Waals surface area contributed by atoms with Crippen LogP contribution in [0.2, 0.25) is 0 Å². The lowest BCUT2D eigenvalue weighted by atomic mass is 10.0. The monoisotopic (exact) mass is 294 g/mol. The van der Waals surface area contributed by atoms with Crippen molar-refractivity contribution in [1.29, 1.82) is 0 Å². The largest absolute Gasteiger partial charge is 0.469 e. The number of nitrogens with two attached hydrogens (primary N) is 1. The SMILES string of the molecule is COC(=O)C[C@H](N)c1ccc(N(C)C)cc1.Cl.Cl. The molecule has 0 saturated carbocycles. The Hall–Kier alpha value is -0.970. The van der Waals surface area contributed by atoms with Crippen molar-refractivity contribution in [2.75, 3.05) is 26.1 Å². The molecule has 4 nitrogen and oxygen atoms in total. The summed E-state index contributed by atoms with van der Waals surface area (Å²) >= 11 is 0. The predicted octanol–water partition coefficient (Wildman–Crippen LogP) is 2.16. The van der Waals surface area contributed by atoms with E-state index in [1.165, 1.54) is 7.11 Å². The summed E-state index contributed by atoms with van der Waals surface area (Å²) < 4.78 is 4.58. The minimum atomic E-state index is -0.302. The van der Waals surface area contributed by atoms with Crippen LogP contribution in [-0.4, -0.2) is 27.2 Å². The third kappa shape index (κ3) is 5.58. The van der Waals surface area contributed by atoms with Crippen molar-refractivity contribution >= 4 is 36.5 Å². The van der Waals surface area contributed by atoms with E-state index in [4.69, 9.17) is 5.73 Å². The molecule has 0 saturated heterocycles. The van der Waals surface area contributed by atoms with Crippen molar-refractivity contribution in [2.45, 2.75) is 12.5 Å². The summed E-state index contributed by atoms with van der Waals surface area (Å²) in [5, 5.41) is 0. The Labute approximate surface area is 120 Å². The van der Waals surface area contributed by atoms with Crippen LogP contribution in [0.5, 0.6) is 0 Å². The number of ether oxygens (including phenoxy) is 1. The number of methoxy groups -OCH3 is 1. The maximum Gasteiger partial charge on any atom is 0.307 e. The maximum atomic E-state index is 11.1. The van der Waals surface area contributed by atoms with Gasteiger partial charge in [0.25, 0.3) is 0 Å². The number of anilines is 1. The molecule has 0 fully saturated rings. The first-order valence-corrected chi connectivity index (χ1v) is 5.14. The molecule has 0 aliphatic rings. The lowest BCUT2D eigenvalue weighted by Gasteiger charge is -2.15. The topological polar surface area (TPSA) is 55.6 Å². The molecule has 1 aromatic carbocycles. The van der Waals surface area contributed by atoms with Crippen LogP contribution in [-0.2, 0) is 9.53 Å². The van der Waals surface area contributed by atoms with Crippen LogP contribution < -0.4 is 10.6 Å². The quantitative estimate of drug-likeness (QED) is 0.865. The smallest absolute Gasteiger partial charge is 0.307 e. The van der Waals surface area contributed by atoms with Gasteiger partial charge in [-0.2, -0.15) is 0 Å². The van der Waals surface area contributed by atoms with Crippen molar-refractivity contribution < 1.29 is 9.53 Å². The molecule has 1 rings (SSSR count). The van der Waals surface area contributed by atoms with Crippen molar-refractivity contribution in [1.82, 2.24) is 0 Å². The van der Waals surface area contributed by atoms with Gasteiger partial charge in [0.05, 0.1) is 13.5 Å². The van der Waals surface area contributed by atoms with Gasteiger partial charge in [0, 0.05) is 25.8 Å². The van der Waals surface area contributed by atoms with E-state index in [0.29, 0.717) is 0 Å². The number of halogens is 2. The Bertz CT molecular complexity index is 356. The first-order chi connectivity index (χ1) is 7.54. The molecule has 0 aliphatic carbocycles. The van der Waals surface area contributed by atoms with Crippen molar-refractivity contribution in [3.63, 3.8) is 0 Å². The number of carbonyl (C=O) groups is 1. The average molecular weight is 295 g/mol. The van der Waals surface area contributed by atoms with E-state index < -0.39 is 0 Å². The van der Waals surface area contributed by atoms with Gasteiger partial charge in [-0.3, -0.25) is 4.79 Å². The predicted molar refractivity (Wildman–Crippen MR) is 78.8 cm³/mol. The van der Waals surface area contributed by atoms with E-state index >= 15 is 0 Å². The molecule has 0 bridgehead atoms. The summed E-state index contributed by atoms with van der Waals surface area (Å²) in [4.78, 5) is 13.1. The van der Waals surface area contributed by atoms with Gasteiger partial charge in [-0.15, -0.1) is 24.8 Å². The molecule has 0 aliphatic heterocycles. The minimum absolute atomic E-state index is 0. The molecule has 1 aromatic rings. The fourth-order valence-electron chi connectivity index (χ4n) is 1.40. The molecular formula is C12H20Cl2N2O2. The second kappa shape index (κ2) is 9.03. The van der Waals surface area contributed by atoms with Crippen LogP contribution in [0, 0.1) is 0 Å². The molecular weight excluding hydrogens is 275 g/mol. The summed E-state index contributed by atoms with van der Waals surface area (Å²) in [5.74, 6) is -0.288. The molecule has 2 N–H and O–H groups in total. The van der Waals surface area contributed by atoms with E-state index in [2.05, 4.69) is 4.74 Å². The Morgan fingerprint density at radius 2 is 1.78 bits per heavy atom. The van der Waals surface area contributed by atoms with Gasteiger partial charge in [-0.05, 0) is 17.7 Å². The second-order valence-electron chi connectivity index (χ2n) is 3.87. The molecule has 104 valence electrons. The Morgan fingerprint density at radius 1 is 1.28 bits per heavy atom. The number of esters is 1. The summed E-state index contributed by atoms with van der Waals surface area (Å²) in [6.45, 7) is 0. The molecule has 0 amide bonds. The zero-order chi connectivity index (χ0) is 12.1. The van der Waals surface area contributed by atoms with Crippen molar-refractivity contribution in [2.24, 2.45) is 5.73 Å². The van der Waals surface area contributed by atoms with Gasteiger partial charge < -0.3 is 15.4 Å². The highest BCUT2D eigenvalue weighted by molar-refractivity contribution is 5.85. The van der Waals surface area contributed by atoms with Crippen LogP contribution in [0.3, 0.4) is 0 Å². The summed E-state index contributed by atoms with van der Waals surface area (Å²) in [5.41, 5.74) is 7.93. The van der Waals surface area contributed by atoms with Gasteiger partial charge in [-0.25, -0.2) is 0 Å². The second-order valence-corrected chi connectivity index (χ2v) is 3.87. The number of hydrogen-bond acceptors (Lipinski definition) is 4. The van der Waals surface area contributed by atoms with Gasteiger partial charge >= 0.3 is 5.97 Å². The summed E-state index contributed by atoms with van der Waals surface area (Å²) in [7, 11) is 5.32. The van der Waals surface area contributed by atoms with E-state index in [-0.39, 0.29) is 43.2 Å². The van der Waals surface area contributed by atoms with E-state index in [9.17, 15) is 4.79 Å². The lowest BCUT2D eigenvalue weighted by molar-refractivity contribution is -0.141. The van der Waals surface area contributed by atoms with Gasteiger partial charge in [0.1, 0.15) is 0 Å². The van der Waals surface area contributed by atoms with Crippen LogP contribution in [0.1, 0.15) is 18.0 Å². The van der Waals surface area contributed by atoms with Gasteiger partial charge in [0.2, 0.25) is 0 Å². The number of nitrogens with zero attached hydrogens (tertiary/aromatic N) is 1. The Kier molecular flexibility index (Phi) is 9.71. The molecule has 18 heavy (non-hydrogen) atoms. The van der Waals surface area contributed by atoms with Gasteiger partial charge in [-0.1, -0.05) is 12.1 Å². The molecule has 0 unspecified atom stereocenters. The van der Waals surface area contributed by atoms with E-state index in [0.717, 1.165) is 11.3 Å². The fraction of sp³-hybridized carbons (Fsp3) is 0.417. The molecule has 0 aromatic heterocycles. The first kappa shape index (κ1) is 19.4. The Morgan fingerprint density at radius 3 is 2.17 bits per heavy atom. The highest BCUT2D eigenvalue weighted by Crippen LogP contribution is 2.18. The maximum absolute atomic E-state index is 11.1. The standard InChI is InChI=1S/C12H18N2O2.2ClH/c1-14(2)10-6-4-9(5-7-10)11(13)8-12(15)16-3;;/h4-7,11H,8,13H2,1-3H3;2*1H/t11-;;/m0../s1. The number of benzene rings is 1. The highest BCUT2D eigenvalue weighted by atomic mass is 35.5. The third-order valence-electron chi connectivity index (χ3n) is 2.45. The molecule has 0 heterocycles. The number of carbonyl (C=O) groups excluding carboxylic acids is 1. The van der Waals surface area contributed by atoms with Gasteiger partial charge in [0.15, 0.2) is 0 Å². The summed E-state index contributed by atoms with van der Waals surface area (Å²) in [6, 6.07) is 7.52. The molecule has 0 radical (unpaired) electrons. The number of hydrogen-bond donors (Lipinski definition) is 1. The Balaban J connectivity index is 0. The first-order valence-electron chi connectivity index (χ1n) is 5.14. The van der Waals surface area contributed by atoms with Crippen LogP contribution in [0.15, 0.2) is 24.3 Å². The average Bonchev–Trinajstić information content (AvgIpc) is 2.28. The van der Waals surface area contributed by atoms with Crippen LogP contribution in [0.4, 0.5) is 5.69 Å². The highest BCUT2D eigenvalue weighted by Gasteiger charge is 2.11. The number of rotatable bonds is 4. The fourth-order valence-corrected chi connectivity index (χ4v) is 1.40. The van der Waals surface area contributed by atoms with E-state index in [1.54, 1.807) is 0 Å². The molecule has 1 atom stereocenters. The van der Waals surface area contributed by atoms with Crippen molar-refractivity contribution in [3.8, 4) is 0 Å². The zero-order valence-corrected chi connectivity index (χ0v) is 12.4. The molecule has 6 heteroatoms. The normalized spacial score (nSPS) is 10.7.